The second-order valence-corrected chi connectivity index (χ2v) is 6.76. The smallest absolute Gasteiger partial charge is 0.258 e. The lowest BCUT2D eigenvalue weighted by Crippen LogP contribution is -2.19. The zero-order valence-corrected chi connectivity index (χ0v) is 14.0. The first-order chi connectivity index (χ1) is 10.1. The van der Waals surface area contributed by atoms with Crippen molar-refractivity contribution >= 4 is 49.8 Å². The number of hydrogen-bond donors (Lipinski definition) is 2. The third-order valence-corrected chi connectivity index (χ3v) is 5.15. The van der Waals surface area contributed by atoms with E-state index in [-0.39, 0.29) is 5.56 Å². The number of H-pyrrole nitrogens is 1. The minimum absolute atomic E-state index is 0.147. The molecule has 4 nitrogen and oxygen atoms in total. The van der Waals surface area contributed by atoms with Crippen LogP contribution in [0.4, 0.5) is 0 Å². The highest BCUT2D eigenvalue weighted by Crippen LogP contribution is 2.22. The minimum Gasteiger partial charge on any atom is -0.309 e. The van der Waals surface area contributed by atoms with E-state index in [2.05, 4.69) is 31.2 Å². The molecule has 0 aliphatic heterocycles. The van der Waals surface area contributed by atoms with Crippen molar-refractivity contribution in [1.29, 1.82) is 0 Å². The molecule has 0 fully saturated rings. The van der Waals surface area contributed by atoms with Crippen LogP contribution in [0, 0.1) is 0 Å². The number of fused-ring (bicyclic) bond motifs is 1. The summed E-state index contributed by atoms with van der Waals surface area (Å²) in [4.78, 5) is 20.4. The molecule has 2 aromatic heterocycles. The Morgan fingerprint density at radius 1 is 1.33 bits per heavy atom. The average Bonchev–Trinajstić information content (AvgIpc) is 2.84. The Labute approximate surface area is 138 Å². The number of aromatic amines is 1. The molecular weight excluding hydrogens is 374 g/mol. The van der Waals surface area contributed by atoms with Crippen LogP contribution in [0.25, 0.3) is 10.9 Å². The summed E-state index contributed by atoms with van der Waals surface area (Å²) in [7, 11) is 0. The molecular formula is C14H11BrClN3OS. The molecule has 0 bridgehead atoms. The normalized spacial score (nSPS) is 11.1. The summed E-state index contributed by atoms with van der Waals surface area (Å²) in [5, 5.41) is 6.41. The molecule has 0 unspecified atom stereocenters. The largest absolute Gasteiger partial charge is 0.309 e. The highest BCUT2D eigenvalue weighted by molar-refractivity contribution is 9.10. The Morgan fingerprint density at radius 3 is 2.95 bits per heavy atom. The van der Waals surface area contributed by atoms with E-state index in [0.29, 0.717) is 28.3 Å². The van der Waals surface area contributed by atoms with E-state index >= 15 is 0 Å². The summed E-state index contributed by atoms with van der Waals surface area (Å²) in [6.45, 7) is 1.21. The molecule has 21 heavy (non-hydrogen) atoms. The number of halogens is 2. The van der Waals surface area contributed by atoms with Gasteiger partial charge < -0.3 is 10.3 Å². The first-order valence-electron chi connectivity index (χ1n) is 6.24. The van der Waals surface area contributed by atoms with Crippen LogP contribution in [0.2, 0.25) is 5.02 Å². The van der Waals surface area contributed by atoms with Crippen molar-refractivity contribution in [3.63, 3.8) is 0 Å². The van der Waals surface area contributed by atoms with E-state index in [1.54, 1.807) is 29.5 Å². The van der Waals surface area contributed by atoms with Gasteiger partial charge in [0.25, 0.3) is 5.56 Å². The summed E-state index contributed by atoms with van der Waals surface area (Å²) in [5.41, 5.74) is 0.464. The summed E-state index contributed by atoms with van der Waals surface area (Å²) in [6.07, 6.45) is 0. The molecule has 0 amide bonds. The standard InChI is InChI=1S/C14H11BrClN3OS/c15-10-3-4-21-12(10)6-17-7-13-18-11-5-8(16)1-2-9(11)14(20)19-13/h1-5,17H,6-7H2,(H,18,19,20). The van der Waals surface area contributed by atoms with Crippen molar-refractivity contribution in [2.45, 2.75) is 13.1 Å². The van der Waals surface area contributed by atoms with Gasteiger partial charge in [-0.3, -0.25) is 4.79 Å². The van der Waals surface area contributed by atoms with Gasteiger partial charge in [0.2, 0.25) is 0 Å². The van der Waals surface area contributed by atoms with Crippen molar-refractivity contribution in [2.75, 3.05) is 0 Å². The van der Waals surface area contributed by atoms with Gasteiger partial charge in [0.05, 0.1) is 17.4 Å². The molecule has 0 atom stereocenters. The van der Waals surface area contributed by atoms with Crippen LogP contribution < -0.4 is 10.9 Å². The van der Waals surface area contributed by atoms with Crippen molar-refractivity contribution in [1.82, 2.24) is 15.3 Å². The Balaban J connectivity index is 1.78. The quantitative estimate of drug-likeness (QED) is 0.721. The maximum atomic E-state index is 12.0. The number of thiophene rings is 1. The van der Waals surface area contributed by atoms with Crippen LogP contribution in [-0.2, 0) is 13.1 Å². The Hall–Kier alpha value is -1.21. The molecule has 3 aromatic rings. The third kappa shape index (κ3) is 3.35. The zero-order valence-electron chi connectivity index (χ0n) is 10.8. The fourth-order valence-corrected chi connectivity index (χ4v) is 3.62. The summed E-state index contributed by atoms with van der Waals surface area (Å²) < 4.78 is 1.09. The SMILES string of the molecule is O=c1[nH]c(CNCc2sccc2Br)nc2cc(Cl)ccc12. The molecule has 0 saturated carbocycles. The molecule has 0 saturated heterocycles. The van der Waals surface area contributed by atoms with E-state index in [1.165, 1.54) is 4.88 Å². The lowest BCUT2D eigenvalue weighted by Gasteiger charge is -2.05. The van der Waals surface area contributed by atoms with E-state index < -0.39 is 0 Å². The molecule has 2 heterocycles. The maximum Gasteiger partial charge on any atom is 0.258 e. The molecule has 108 valence electrons. The number of benzene rings is 1. The van der Waals surface area contributed by atoms with Gasteiger partial charge in [-0.1, -0.05) is 11.6 Å². The minimum atomic E-state index is -0.147. The Kier molecular flexibility index (Phi) is 4.40. The molecule has 0 aliphatic carbocycles. The van der Waals surface area contributed by atoms with Gasteiger partial charge >= 0.3 is 0 Å². The summed E-state index contributed by atoms with van der Waals surface area (Å²) >= 11 is 11.1. The molecule has 7 heteroatoms. The second kappa shape index (κ2) is 6.27. The highest BCUT2D eigenvalue weighted by Gasteiger charge is 2.05. The van der Waals surface area contributed by atoms with Crippen LogP contribution in [0.1, 0.15) is 10.7 Å². The van der Waals surface area contributed by atoms with Gasteiger partial charge in [0, 0.05) is 20.9 Å². The van der Waals surface area contributed by atoms with Gasteiger partial charge in [-0.25, -0.2) is 4.98 Å². The van der Waals surface area contributed by atoms with E-state index in [0.717, 1.165) is 11.0 Å². The molecule has 0 spiro atoms. The van der Waals surface area contributed by atoms with Crippen molar-refractivity contribution in [2.24, 2.45) is 0 Å². The van der Waals surface area contributed by atoms with Crippen molar-refractivity contribution < 1.29 is 0 Å². The van der Waals surface area contributed by atoms with Crippen LogP contribution in [0.15, 0.2) is 38.9 Å². The van der Waals surface area contributed by atoms with Gasteiger partial charge in [0.15, 0.2) is 0 Å². The molecule has 0 radical (unpaired) electrons. The molecule has 2 N–H and O–H groups in total. The first-order valence-corrected chi connectivity index (χ1v) is 8.29. The number of rotatable bonds is 4. The zero-order chi connectivity index (χ0) is 14.8. The van der Waals surface area contributed by atoms with Crippen molar-refractivity contribution in [3.8, 4) is 0 Å². The third-order valence-electron chi connectivity index (χ3n) is 2.99. The predicted octanol–water partition coefficient (Wildman–Crippen LogP) is 3.69. The predicted molar refractivity (Wildman–Crippen MR) is 89.9 cm³/mol. The Bertz CT molecular complexity index is 846. The lowest BCUT2D eigenvalue weighted by atomic mass is 10.2. The van der Waals surface area contributed by atoms with E-state index in [4.69, 9.17) is 11.6 Å². The monoisotopic (exact) mass is 383 g/mol. The Morgan fingerprint density at radius 2 is 2.19 bits per heavy atom. The lowest BCUT2D eigenvalue weighted by molar-refractivity contribution is 0.668. The van der Waals surface area contributed by atoms with Gasteiger partial charge in [0.1, 0.15) is 5.82 Å². The van der Waals surface area contributed by atoms with E-state index in [9.17, 15) is 4.79 Å². The number of aromatic nitrogens is 2. The maximum absolute atomic E-state index is 12.0. The fourth-order valence-electron chi connectivity index (χ4n) is 1.99. The van der Waals surface area contributed by atoms with Crippen molar-refractivity contribution in [3.05, 3.63) is 60.2 Å². The van der Waals surface area contributed by atoms with Crippen LogP contribution >= 0.6 is 38.9 Å². The second-order valence-electron chi connectivity index (χ2n) is 4.47. The van der Waals surface area contributed by atoms with Gasteiger partial charge in [-0.2, -0.15) is 0 Å². The molecule has 3 rings (SSSR count). The van der Waals surface area contributed by atoms with Crippen LogP contribution in [0.3, 0.4) is 0 Å². The first kappa shape index (κ1) is 14.7. The number of hydrogen-bond acceptors (Lipinski definition) is 4. The molecule has 0 aliphatic rings. The van der Waals surface area contributed by atoms with Crippen LogP contribution in [-0.4, -0.2) is 9.97 Å². The molecule has 1 aromatic carbocycles. The summed E-state index contributed by atoms with van der Waals surface area (Å²) in [6, 6.07) is 7.09. The number of nitrogens with zero attached hydrogens (tertiary/aromatic N) is 1. The number of nitrogens with one attached hydrogen (secondary N) is 2. The van der Waals surface area contributed by atoms with Gasteiger partial charge in [-0.15, -0.1) is 11.3 Å². The highest BCUT2D eigenvalue weighted by atomic mass is 79.9. The summed E-state index contributed by atoms with van der Waals surface area (Å²) in [5.74, 6) is 0.599. The fraction of sp³-hybridized carbons (Fsp3) is 0.143. The average molecular weight is 385 g/mol. The van der Waals surface area contributed by atoms with E-state index in [1.807, 2.05) is 11.4 Å². The van der Waals surface area contributed by atoms with Gasteiger partial charge in [-0.05, 0) is 45.6 Å². The topological polar surface area (TPSA) is 57.8 Å². The van der Waals surface area contributed by atoms with Crippen LogP contribution in [0.5, 0.6) is 0 Å².